The van der Waals surface area contributed by atoms with Crippen molar-refractivity contribution >= 4 is 10.9 Å². The zero-order chi connectivity index (χ0) is 21.8. The van der Waals surface area contributed by atoms with Gasteiger partial charge in [0.1, 0.15) is 17.2 Å². The van der Waals surface area contributed by atoms with Crippen molar-refractivity contribution in [1.29, 1.82) is 0 Å². The standard InChI is InChI=1S/C25H17F3O2S/c26-25(27,28)18-6-14-23(15-7-18)31(22-4-2-1-3-5-22)24-16-12-21(13-17-24)30-20-10-8-19(29)9-11-20/h1-17H/p+1. The number of phenolic OH excluding ortho intramolecular Hbond substituents is 1. The van der Waals surface area contributed by atoms with Gasteiger partial charge < -0.3 is 9.84 Å². The summed E-state index contributed by atoms with van der Waals surface area (Å²) < 4.78 is 44.8. The molecule has 0 heterocycles. The molecule has 0 aliphatic rings. The van der Waals surface area contributed by atoms with Gasteiger partial charge in [0.15, 0.2) is 14.7 Å². The average Bonchev–Trinajstić information content (AvgIpc) is 2.77. The predicted molar refractivity (Wildman–Crippen MR) is 115 cm³/mol. The Kier molecular flexibility index (Phi) is 5.91. The maximum Gasteiger partial charge on any atom is 0.416 e. The third-order valence-electron chi connectivity index (χ3n) is 4.53. The van der Waals surface area contributed by atoms with Crippen LogP contribution in [-0.2, 0) is 17.1 Å². The Morgan fingerprint density at radius 2 is 1.03 bits per heavy atom. The molecule has 0 spiro atoms. The fraction of sp³-hybridized carbons (Fsp3) is 0.0400. The number of hydrogen-bond donors (Lipinski definition) is 1. The molecule has 1 atom stereocenters. The van der Waals surface area contributed by atoms with E-state index in [0.717, 1.165) is 26.8 Å². The van der Waals surface area contributed by atoms with Crippen molar-refractivity contribution in [2.24, 2.45) is 0 Å². The lowest BCUT2D eigenvalue weighted by molar-refractivity contribution is -0.137. The highest BCUT2D eigenvalue weighted by Crippen LogP contribution is 2.35. The molecule has 1 unspecified atom stereocenters. The number of alkyl halides is 3. The Bertz CT molecular complexity index is 1120. The second-order valence-electron chi connectivity index (χ2n) is 6.71. The second-order valence-corrected chi connectivity index (χ2v) is 8.74. The maximum absolute atomic E-state index is 13.0. The highest BCUT2D eigenvalue weighted by molar-refractivity contribution is 7.97. The van der Waals surface area contributed by atoms with Crippen LogP contribution in [0.5, 0.6) is 17.2 Å². The quantitative estimate of drug-likeness (QED) is 0.331. The van der Waals surface area contributed by atoms with Crippen LogP contribution < -0.4 is 4.74 Å². The van der Waals surface area contributed by atoms with Gasteiger partial charge >= 0.3 is 6.18 Å². The van der Waals surface area contributed by atoms with Gasteiger partial charge in [0, 0.05) is 0 Å². The molecule has 4 aromatic carbocycles. The predicted octanol–water partition coefficient (Wildman–Crippen LogP) is 7.30. The minimum atomic E-state index is -4.36. The molecule has 0 amide bonds. The Morgan fingerprint density at radius 3 is 1.55 bits per heavy atom. The molecule has 0 aromatic heterocycles. The first-order chi connectivity index (χ1) is 14.9. The molecule has 4 rings (SSSR count). The summed E-state index contributed by atoms with van der Waals surface area (Å²) in [5, 5.41) is 9.38. The van der Waals surface area contributed by atoms with Crippen molar-refractivity contribution in [3.63, 3.8) is 0 Å². The van der Waals surface area contributed by atoms with E-state index in [-0.39, 0.29) is 5.75 Å². The largest absolute Gasteiger partial charge is 0.508 e. The van der Waals surface area contributed by atoms with E-state index < -0.39 is 22.6 Å². The molecular formula is C25H18F3O2S+. The van der Waals surface area contributed by atoms with Crippen LogP contribution >= 0.6 is 0 Å². The van der Waals surface area contributed by atoms with E-state index in [1.807, 2.05) is 54.6 Å². The third-order valence-corrected chi connectivity index (χ3v) is 6.76. The maximum atomic E-state index is 13.0. The Balaban J connectivity index is 1.65. The van der Waals surface area contributed by atoms with Crippen LogP contribution in [0.4, 0.5) is 13.2 Å². The van der Waals surface area contributed by atoms with Gasteiger partial charge in [-0.05, 0) is 84.9 Å². The summed E-state index contributed by atoms with van der Waals surface area (Å²) in [5.41, 5.74) is -0.662. The number of phenols is 1. The van der Waals surface area contributed by atoms with E-state index in [1.165, 1.54) is 0 Å². The third kappa shape index (κ3) is 5.03. The monoisotopic (exact) mass is 439 g/mol. The molecule has 31 heavy (non-hydrogen) atoms. The summed E-state index contributed by atoms with van der Waals surface area (Å²) in [7, 11) is -0.563. The lowest BCUT2D eigenvalue weighted by atomic mass is 10.2. The van der Waals surface area contributed by atoms with E-state index in [1.54, 1.807) is 36.4 Å². The van der Waals surface area contributed by atoms with Gasteiger partial charge in [0.25, 0.3) is 0 Å². The Labute approximate surface area is 180 Å². The normalized spacial score (nSPS) is 12.4. The summed E-state index contributed by atoms with van der Waals surface area (Å²) in [6.07, 6.45) is -4.36. The highest BCUT2D eigenvalue weighted by Gasteiger charge is 2.33. The topological polar surface area (TPSA) is 29.5 Å². The first-order valence-electron chi connectivity index (χ1n) is 9.44. The van der Waals surface area contributed by atoms with E-state index in [2.05, 4.69) is 0 Å². The lowest BCUT2D eigenvalue weighted by Gasteiger charge is -2.11. The molecule has 0 fully saturated rings. The number of hydrogen-bond acceptors (Lipinski definition) is 2. The molecule has 0 radical (unpaired) electrons. The van der Waals surface area contributed by atoms with Crippen LogP contribution in [0.1, 0.15) is 5.56 Å². The fourth-order valence-corrected chi connectivity index (χ4v) is 5.10. The van der Waals surface area contributed by atoms with Gasteiger partial charge in [0.2, 0.25) is 0 Å². The second kappa shape index (κ2) is 8.78. The minimum Gasteiger partial charge on any atom is -0.508 e. The summed E-state index contributed by atoms with van der Waals surface area (Å²) in [6.45, 7) is 0. The lowest BCUT2D eigenvalue weighted by Crippen LogP contribution is -2.07. The van der Waals surface area contributed by atoms with Crippen molar-refractivity contribution in [3.05, 3.63) is 109 Å². The number of ether oxygens (including phenoxy) is 1. The van der Waals surface area contributed by atoms with Gasteiger partial charge in [-0.2, -0.15) is 13.2 Å². The van der Waals surface area contributed by atoms with Gasteiger partial charge in [-0.3, -0.25) is 0 Å². The summed E-state index contributed by atoms with van der Waals surface area (Å²) in [5.74, 6) is 1.37. The summed E-state index contributed by atoms with van der Waals surface area (Å²) in [4.78, 5) is 2.77. The fourth-order valence-electron chi connectivity index (χ4n) is 3.04. The van der Waals surface area contributed by atoms with Crippen molar-refractivity contribution < 1.29 is 23.0 Å². The molecule has 156 valence electrons. The van der Waals surface area contributed by atoms with Gasteiger partial charge in [-0.1, -0.05) is 18.2 Å². The van der Waals surface area contributed by atoms with Crippen LogP contribution in [0.3, 0.4) is 0 Å². The van der Waals surface area contributed by atoms with E-state index in [0.29, 0.717) is 11.5 Å². The molecule has 0 saturated heterocycles. The minimum absolute atomic E-state index is 0.158. The van der Waals surface area contributed by atoms with Gasteiger partial charge in [0.05, 0.1) is 16.5 Å². The summed E-state index contributed by atoms with van der Waals surface area (Å²) >= 11 is 0. The molecule has 0 aliphatic carbocycles. The number of benzene rings is 4. The molecule has 1 N–H and O–H groups in total. The van der Waals surface area contributed by atoms with Crippen LogP contribution in [0.2, 0.25) is 0 Å². The van der Waals surface area contributed by atoms with Gasteiger partial charge in [-0.15, -0.1) is 0 Å². The van der Waals surface area contributed by atoms with Crippen molar-refractivity contribution in [3.8, 4) is 17.2 Å². The van der Waals surface area contributed by atoms with Crippen molar-refractivity contribution in [1.82, 2.24) is 0 Å². The van der Waals surface area contributed by atoms with E-state index in [9.17, 15) is 18.3 Å². The van der Waals surface area contributed by atoms with Crippen molar-refractivity contribution in [2.75, 3.05) is 0 Å². The number of rotatable bonds is 5. The first-order valence-corrected chi connectivity index (χ1v) is 10.7. The molecule has 0 aliphatic heterocycles. The summed E-state index contributed by atoms with van der Waals surface area (Å²) in [6, 6.07) is 28.9. The van der Waals surface area contributed by atoms with E-state index in [4.69, 9.17) is 4.74 Å². The molecular weight excluding hydrogens is 421 g/mol. The average molecular weight is 439 g/mol. The van der Waals surface area contributed by atoms with Crippen molar-refractivity contribution in [2.45, 2.75) is 20.9 Å². The smallest absolute Gasteiger partial charge is 0.416 e. The Hall–Kier alpha value is -3.38. The van der Waals surface area contributed by atoms with Gasteiger partial charge in [-0.25, -0.2) is 0 Å². The Morgan fingerprint density at radius 1 is 0.581 bits per heavy atom. The first kappa shape index (κ1) is 20.9. The zero-order valence-electron chi connectivity index (χ0n) is 16.2. The van der Waals surface area contributed by atoms with Crippen LogP contribution in [0.15, 0.2) is 118 Å². The van der Waals surface area contributed by atoms with E-state index >= 15 is 0 Å². The molecule has 0 bridgehead atoms. The molecule has 4 aromatic rings. The van der Waals surface area contributed by atoms with Crippen LogP contribution in [-0.4, -0.2) is 5.11 Å². The number of aromatic hydroxyl groups is 1. The number of halogens is 3. The highest BCUT2D eigenvalue weighted by atomic mass is 32.2. The van der Waals surface area contributed by atoms with Crippen LogP contribution in [0.25, 0.3) is 0 Å². The molecule has 0 saturated carbocycles. The molecule has 2 nitrogen and oxygen atoms in total. The SMILES string of the molecule is Oc1ccc(Oc2ccc([S+](c3ccccc3)c3ccc(C(F)(F)F)cc3)cc2)cc1. The van der Waals surface area contributed by atoms with Crippen LogP contribution in [0, 0.1) is 0 Å². The molecule has 6 heteroatoms. The zero-order valence-corrected chi connectivity index (χ0v) is 17.0.